The molecule has 0 saturated heterocycles. The van der Waals surface area contributed by atoms with E-state index in [9.17, 15) is 19.7 Å². The van der Waals surface area contributed by atoms with Crippen LogP contribution in [0, 0.1) is 10.1 Å². The van der Waals surface area contributed by atoms with E-state index in [0.29, 0.717) is 11.3 Å². The second-order valence-electron chi connectivity index (χ2n) is 4.73. The van der Waals surface area contributed by atoms with Crippen molar-refractivity contribution in [3.63, 3.8) is 0 Å². The Morgan fingerprint density at radius 3 is 2.68 bits per heavy atom. The molecular weight excluding hydrogens is 284 g/mol. The zero-order valence-corrected chi connectivity index (χ0v) is 11.3. The number of carbonyl (C=O) groups is 2. The smallest absolute Gasteiger partial charge is 0.270 e. The van der Waals surface area contributed by atoms with Crippen molar-refractivity contribution >= 4 is 28.6 Å². The number of para-hydroxylation sites is 1. The molecule has 2 aromatic carbocycles. The molecule has 2 aromatic rings. The van der Waals surface area contributed by atoms with Crippen molar-refractivity contribution in [1.82, 2.24) is 0 Å². The van der Waals surface area contributed by atoms with Gasteiger partial charge in [-0.1, -0.05) is 30.3 Å². The van der Waals surface area contributed by atoms with Crippen LogP contribution in [0.5, 0.6) is 0 Å². The molecular formula is C16H10N2O4. The van der Waals surface area contributed by atoms with E-state index < -0.39 is 10.7 Å². The summed E-state index contributed by atoms with van der Waals surface area (Å²) in [6.07, 6.45) is 1.21. The van der Waals surface area contributed by atoms with Crippen LogP contribution in [0.4, 0.5) is 11.4 Å². The van der Waals surface area contributed by atoms with E-state index >= 15 is 0 Å². The maximum Gasteiger partial charge on any atom is 0.270 e. The number of rotatable bonds is 3. The van der Waals surface area contributed by atoms with Crippen molar-refractivity contribution in [2.24, 2.45) is 0 Å². The third-order valence-corrected chi connectivity index (χ3v) is 3.33. The monoisotopic (exact) mass is 294 g/mol. The SMILES string of the molecule is O=C1Nc2ccccc2C1=CC(=O)c1cccc([N+](=O)[O-])c1. The van der Waals surface area contributed by atoms with Crippen LogP contribution in [-0.2, 0) is 4.79 Å². The largest absolute Gasteiger partial charge is 0.321 e. The van der Waals surface area contributed by atoms with Gasteiger partial charge >= 0.3 is 0 Å². The molecule has 0 bridgehead atoms. The van der Waals surface area contributed by atoms with Crippen LogP contribution in [0.15, 0.2) is 54.6 Å². The number of fused-ring (bicyclic) bond motifs is 1. The highest BCUT2D eigenvalue weighted by atomic mass is 16.6. The first kappa shape index (κ1) is 13.7. The predicted octanol–water partition coefficient (Wildman–Crippen LogP) is 2.81. The highest BCUT2D eigenvalue weighted by Gasteiger charge is 2.24. The fraction of sp³-hybridized carbons (Fsp3) is 0. The molecule has 0 spiro atoms. The Bertz CT molecular complexity index is 840. The van der Waals surface area contributed by atoms with Gasteiger partial charge in [0.2, 0.25) is 0 Å². The normalized spacial score (nSPS) is 14.5. The lowest BCUT2D eigenvalue weighted by Gasteiger charge is -1.99. The Morgan fingerprint density at radius 2 is 1.91 bits per heavy atom. The number of hydrogen-bond acceptors (Lipinski definition) is 4. The lowest BCUT2D eigenvalue weighted by molar-refractivity contribution is -0.384. The molecule has 1 aliphatic heterocycles. The molecule has 0 radical (unpaired) electrons. The molecule has 1 amide bonds. The van der Waals surface area contributed by atoms with Gasteiger partial charge in [-0.15, -0.1) is 0 Å². The molecule has 6 nitrogen and oxygen atoms in total. The Hall–Kier alpha value is -3.28. The Labute approximate surface area is 125 Å². The number of nitrogens with zero attached hydrogens (tertiary/aromatic N) is 1. The van der Waals surface area contributed by atoms with E-state index in [0.717, 1.165) is 0 Å². The minimum atomic E-state index is -0.568. The molecule has 6 heteroatoms. The molecule has 108 valence electrons. The molecule has 0 saturated carbocycles. The first-order valence-corrected chi connectivity index (χ1v) is 6.47. The number of non-ortho nitro benzene ring substituents is 1. The number of amides is 1. The highest BCUT2D eigenvalue weighted by molar-refractivity contribution is 6.35. The standard InChI is InChI=1S/C16H10N2O4/c19-15(10-4-3-5-11(8-10)18(21)22)9-13-12-6-1-2-7-14(12)17-16(13)20/h1-9H,(H,17,20). The molecule has 0 aliphatic carbocycles. The van der Waals surface area contributed by atoms with Gasteiger partial charge in [0.15, 0.2) is 5.78 Å². The fourth-order valence-electron chi connectivity index (χ4n) is 2.27. The van der Waals surface area contributed by atoms with Crippen molar-refractivity contribution < 1.29 is 14.5 Å². The second-order valence-corrected chi connectivity index (χ2v) is 4.73. The van der Waals surface area contributed by atoms with E-state index in [2.05, 4.69) is 5.32 Å². The minimum absolute atomic E-state index is 0.166. The van der Waals surface area contributed by atoms with Crippen LogP contribution in [0.25, 0.3) is 5.57 Å². The number of nitro benzene ring substituents is 1. The summed E-state index contributed by atoms with van der Waals surface area (Å²) in [5.74, 6) is -0.814. The van der Waals surface area contributed by atoms with Crippen LogP contribution >= 0.6 is 0 Å². The second kappa shape index (κ2) is 5.25. The summed E-state index contributed by atoms with van der Waals surface area (Å²) in [5, 5.41) is 13.4. The average Bonchev–Trinajstić information content (AvgIpc) is 2.83. The van der Waals surface area contributed by atoms with Gasteiger partial charge < -0.3 is 5.32 Å². The summed E-state index contributed by atoms with van der Waals surface area (Å²) in [5.41, 5.74) is 1.54. The fourth-order valence-corrected chi connectivity index (χ4v) is 2.27. The maximum absolute atomic E-state index is 12.3. The maximum atomic E-state index is 12.3. The van der Waals surface area contributed by atoms with Gasteiger partial charge in [0.1, 0.15) is 0 Å². The summed E-state index contributed by atoms with van der Waals surface area (Å²) in [4.78, 5) is 34.4. The number of hydrogen-bond donors (Lipinski definition) is 1. The summed E-state index contributed by atoms with van der Waals surface area (Å²) in [6, 6.07) is 12.4. The van der Waals surface area contributed by atoms with Crippen LogP contribution < -0.4 is 5.32 Å². The first-order valence-electron chi connectivity index (χ1n) is 6.47. The molecule has 0 fully saturated rings. The molecule has 1 N–H and O–H groups in total. The Morgan fingerprint density at radius 1 is 1.14 bits per heavy atom. The molecule has 3 rings (SSSR count). The van der Waals surface area contributed by atoms with Gasteiger partial charge in [-0.25, -0.2) is 0 Å². The van der Waals surface area contributed by atoms with E-state index in [1.807, 2.05) is 0 Å². The minimum Gasteiger partial charge on any atom is -0.321 e. The van der Waals surface area contributed by atoms with Gasteiger partial charge in [0.25, 0.3) is 11.6 Å². The lowest BCUT2D eigenvalue weighted by atomic mass is 10.0. The molecule has 1 heterocycles. The third kappa shape index (κ3) is 2.37. The van der Waals surface area contributed by atoms with E-state index in [1.165, 1.54) is 30.3 Å². The number of anilines is 1. The topological polar surface area (TPSA) is 89.3 Å². The van der Waals surface area contributed by atoms with E-state index in [4.69, 9.17) is 0 Å². The van der Waals surface area contributed by atoms with Crippen molar-refractivity contribution in [3.05, 3.63) is 75.8 Å². The summed E-state index contributed by atoms with van der Waals surface area (Å²) < 4.78 is 0. The van der Waals surface area contributed by atoms with Crippen molar-refractivity contribution in [3.8, 4) is 0 Å². The van der Waals surface area contributed by atoms with Crippen molar-refractivity contribution in [2.45, 2.75) is 0 Å². The Balaban J connectivity index is 1.99. The van der Waals surface area contributed by atoms with Gasteiger partial charge in [0.05, 0.1) is 10.5 Å². The van der Waals surface area contributed by atoms with Crippen molar-refractivity contribution in [2.75, 3.05) is 5.32 Å². The number of benzene rings is 2. The van der Waals surface area contributed by atoms with Crippen LogP contribution in [0.1, 0.15) is 15.9 Å². The first-order chi connectivity index (χ1) is 10.6. The average molecular weight is 294 g/mol. The summed E-state index contributed by atoms with van der Waals surface area (Å²) in [6.45, 7) is 0. The zero-order chi connectivity index (χ0) is 15.7. The van der Waals surface area contributed by atoms with Gasteiger partial charge in [0, 0.05) is 28.9 Å². The zero-order valence-electron chi connectivity index (χ0n) is 11.3. The quantitative estimate of drug-likeness (QED) is 0.408. The predicted molar refractivity (Wildman–Crippen MR) is 80.5 cm³/mol. The molecule has 22 heavy (non-hydrogen) atoms. The number of nitrogens with one attached hydrogen (secondary N) is 1. The Kier molecular flexibility index (Phi) is 3.27. The van der Waals surface area contributed by atoms with Crippen LogP contribution in [0.2, 0.25) is 0 Å². The summed E-state index contributed by atoms with van der Waals surface area (Å²) >= 11 is 0. The highest BCUT2D eigenvalue weighted by Crippen LogP contribution is 2.31. The van der Waals surface area contributed by atoms with E-state index in [-0.39, 0.29) is 22.7 Å². The van der Waals surface area contributed by atoms with Crippen molar-refractivity contribution in [1.29, 1.82) is 0 Å². The van der Waals surface area contributed by atoms with Gasteiger partial charge in [-0.05, 0) is 12.1 Å². The molecule has 1 aliphatic rings. The molecule has 0 atom stereocenters. The number of carbonyl (C=O) groups excluding carboxylic acids is 2. The lowest BCUT2D eigenvalue weighted by Crippen LogP contribution is -2.06. The molecule has 0 unspecified atom stereocenters. The summed E-state index contributed by atoms with van der Waals surface area (Å²) in [7, 11) is 0. The van der Waals surface area contributed by atoms with Crippen LogP contribution in [-0.4, -0.2) is 16.6 Å². The van der Waals surface area contributed by atoms with E-state index in [1.54, 1.807) is 24.3 Å². The van der Waals surface area contributed by atoms with Crippen LogP contribution in [0.3, 0.4) is 0 Å². The third-order valence-electron chi connectivity index (χ3n) is 3.33. The number of nitro groups is 1. The van der Waals surface area contributed by atoms with Gasteiger partial charge in [-0.3, -0.25) is 19.7 Å². The number of ketones is 1. The van der Waals surface area contributed by atoms with Gasteiger partial charge in [-0.2, -0.15) is 0 Å². The number of allylic oxidation sites excluding steroid dienone is 1. The molecule has 0 aromatic heterocycles.